The number of rotatable bonds is 9. The van der Waals surface area contributed by atoms with Crippen LogP contribution in [0.2, 0.25) is 0 Å². The van der Waals surface area contributed by atoms with Gasteiger partial charge < -0.3 is 10.1 Å². The summed E-state index contributed by atoms with van der Waals surface area (Å²) in [5.74, 6) is 0.135. The largest absolute Gasteiger partial charge is 0.484 e. The third-order valence-electron chi connectivity index (χ3n) is 5.73. The molecule has 0 unspecified atom stereocenters. The van der Waals surface area contributed by atoms with Crippen molar-refractivity contribution < 1.29 is 17.9 Å². The molecule has 1 amide bonds. The van der Waals surface area contributed by atoms with Crippen molar-refractivity contribution in [1.29, 1.82) is 0 Å². The summed E-state index contributed by atoms with van der Waals surface area (Å²) >= 11 is 0. The van der Waals surface area contributed by atoms with E-state index < -0.39 is 9.84 Å². The summed E-state index contributed by atoms with van der Waals surface area (Å²) in [6.07, 6.45) is 0. The maximum absolute atomic E-state index is 12.7. The molecule has 0 saturated heterocycles. The van der Waals surface area contributed by atoms with Crippen LogP contribution >= 0.6 is 0 Å². The Labute approximate surface area is 205 Å². The van der Waals surface area contributed by atoms with Crippen LogP contribution in [0.4, 0.5) is 0 Å². The van der Waals surface area contributed by atoms with Crippen LogP contribution in [0.3, 0.4) is 0 Å². The molecule has 0 spiro atoms. The number of carbonyl (C=O) groups is 1. The highest BCUT2D eigenvalue weighted by Gasteiger charge is 2.17. The van der Waals surface area contributed by atoms with Crippen molar-refractivity contribution in [2.45, 2.75) is 36.7 Å². The second-order valence-electron chi connectivity index (χ2n) is 8.15. The highest BCUT2D eigenvalue weighted by atomic mass is 32.2. The fraction of sp³-hybridized carbons (Fsp3) is 0.185. The van der Waals surface area contributed by atoms with Gasteiger partial charge in [-0.15, -0.1) is 0 Å². The summed E-state index contributed by atoms with van der Waals surface area (Å²) in [5, 5.41) is 7.48. The number of nitrogens with one attached hydrogen (secondary N) is 1. The lowest BCUT2D eigenvalue weighted by Gasteiger charge is -2.09. The first-order valence-electron chi connectivity index (χ1n) is 11.2. The molecule has 0 bridgehead atoms. The van der Waals surface area contributed by atoms with Crippen LogP contribution in [0.15, 0.2) is 94.7 Å². The van der Waals surface area contributed by atoms with Crippen molar-refractivity contribution >= 4 is 15.7 Å². The van der Waals surface area contributed by atoms with E-state index in [2.05, 4.69) is 22.5 Å². The number of nitrogens with zero attached hydrogens (tertiary/aromatic N) is 2. The SMILES string of the molecule is Cc1nn(Cc2ccccc2)c(C)c1CNC(=O)COc1ccc(S(=O)(=O)c2ccccc2)cc1. The minimum atomic E-state index is -3.60. The Morgan fingerprint density at radius 1 is 0.886 bits per heavy atom. The summed E-state index contributed by atoms with van der Waals surface area (Å²) in [6.45, 7) is 4.76. The van der Waals surface area contributed by atoms with E-state index in [0.29, 0.717) is 18.8 Å². The van der Waals surface area contributed by atoms with Gasteiger partial charge in [-0.3, -0.25) is 9.48 Å². The predicted octanol–water partition coefficient (Wildman–Crippen LogP) is 4.08. The highest BCUT2D eigenvalue weighted by molar-refractivity contribution is 7.91. The molecule has 35 heavy (non-hydrogen) atoms. The molecule has 4 rings (SSSR count). The van der Waals surface area contributed by atoms with Gasteiger partial charge >= 0.3 is 0 Å². The molecule has 0 aliphatic carbocycles. The van der Waals surface area contributed by atoms with Gasteiger partial charge in [0.25, 0.3) is 5.91 Å². The number of hydrogen-bond donors (Lipinski definition) is 1. The van der Waals surface area contributed by atoms with Gasteiger partial charge in [0.1, 0.15) is 5.75 Å². The second-order valence-corrected chi connectivity index (χ2v) is 10.1. The molecule has 0 aliphatic rings. The lowest BCUT2D eigenvalue weighted by Crippen LogP contribution is -2.28. The quantitative estimate of drug-likeness (QED) is 0.383. The smallest absolute Gasteiger partial charge is 0.258 e. The minimum Gasteiger partial charge on any atom is -0.484 e. The Bertz CT molecular complexity index is 1400. The Morgan fingerprint density at radius 3 is 2.14 bits per heavy atom. The van der Waals surface area contributed by atoms with E-state index >= 15 is 0 Å². The Hall–Kier alpha value is -3.91. The standard InChI is InChI=1S/C27H27N3O4S/c1-20-26(21(2)30(29-20)18-22-9-5-3-6-10-22)17-28-27(31)19-34-23-13-15-25(16-14-23)35(32,33)24-11-7-4-8-12-24/h3-16H,17-19H2,1-2H3,(H,28,31). The average Bonchev–Trinajstić information content (AvgIpc) is 3.14. The molecule has 7 nitrogen and oxygen atoms in total. The first-order chi connectivity index (χ1) is 16.8. The van der Waals surface area contributed by atoms with E-state index in [4.69, 9.17) is 4.74 Å². The lowest BCUT2D eigenvalue weighted by atomic mass is 10.2. The van der Waals surface area contributed by atoms with Crippen molar-refractivity contribution in [2.24, 2.45) is 0 Å². The minimum absolute atomic E-state index is 0.166. The molecule has 0 aliphatic heterocycles. The van der Waals surface area contributed by atoms with Crippen molar-refractivity contribution in [3.05, 3.63) is 107 Å². The molecule has 0 fully saturated rings. The molecule has 0 radical (unpaired) electrons. The average molecular weight is 490 g/mol. The fourth-order valence-electron chi connectivity index (χ4n) is 3.74. The molecule has 8 heteroatoms. The van der Waals surface area contributed by atoms with Crippen molar-refractivity contribution in [3.8, 4) is 5.75 Å². The van der Waals surface area contributed by atoms with Crippen LogP contribution in [0.25, 0.3) is 0 Å². The first-order valence-corrected chi connectivity index (χ1v) is 12.7. The number of amides is 1. The van der Waals surface area contributed by atoms with E-state index in [0.717, 1.165) is 22.5 Å². The van der Waals surface area contributed by atoms with Crippen molar-refractivity contribution in [2.75, 3.05) is 6.61 Å². The van der Waals surface area contributed by atoms with Gasteiger partial charge in [-0.05, 0) is 55.8 Å². The summed E-state index contributed by atoms with van der Waals surface area (Å²) in [6, 6.07) is 24.4. The molecule has 0 atom stereocenters. The van der Waals surface area contributed by atoms with Gasteiger partial charge in [0.15, 0.2) is 6.61 Å². The van der Waals surface area contributed by atoms with Gasteiger partial charge in [0, 0.05) is 17.8 Å². The zero-order chi connectivity index (χ0) is 24.8. The van der Waals surface area contributed by atoms with Crippen LogP contribution in [0.1, 0.15) is 22.5 Å². The summed E-state index contributed by atoms with van der Waals surface area (Å²) in [7, 11) is -3.60. The highest BCUT2D eigenvalue weighted by Crippen LogP contribution is 2.23. The van der Waals surface area contributed by atoms with Crippen molar-refractivity contribution in [1.82, 2.24) is 15.1 Å². The van der Waals surface area contributed by atoms with Crippen molar-refractivity contribution in [3.63, 3.8) is 0 Å². The topological polar surface area (TPSA) is 90.3 Å². The third kappa shape index (κ3) is 5.78. The van der Waals surface area contributed by atoms with Crippen LogP contribution in [0.5, 0.6) is 5.75 Å². The predicted molar refractivity (Wildman–Crippen MR) is 133 cm³/mol. The van der Waals surface area contributed by atoms with E-state index in [1.54, 1.807) is 42.5 Å². The first kappa shape index (κ1) is 24.2. The number of sulfone groups is 1. The molecule has 180 valence electrons. The lowest BCUT2D eigenvalue weighted by molar-refractivity contribution is -0.123. The zero-order valence-electron chi connectivity index (χ0n) is 19.6. The Morgan fingerprint density at radius 2 is 1.49 bits per heavy atom. The molecule has 1 N–H and O–H groups in total. The molecule has 1 heterocycles. The molecule has 1 aromatic heterocycles. The molecule has 0 saturated carbocycles. The second kappa shape index (κ2) is 10.6. The zero-order valence-corrected chi connectivity index (χ0v) is 20.5. The van der Waals surface area contributed by atoms with Crippen LogP contribution in [-0.4, -0.2) is 30.7 Å². The van der Waals surface area contributed by atoms with Crippen LogP contribution in [0, 0.1) is 13.8 Å². The summed E-state index contributed by atoms with van der Waals surface area (Å²) < 4.78 is 32.8. The number of aryl methyl sites for hydroxylation is 1. The number of carbonyl (C=O) groups excluding carboxylic acids is 1. The van der Waals surface area contributed by atoms with Crippen LogP contribution < -0.4 is 10.1 Å². The number of ether oxygens (including phenoxy) is 1. The van der Waals surface area contributed by atoms with Gasteiger partial charge in [-0.1, -0.05) is 48.5 Å². The van der Waals surface area contributed by atoms with E-state index in [9.17, 15) is 13.2 Å². The maximum Gasteiger partial charge on any atom is 0.258 e. The molecule has 3 aromatic carbocycles. The van der Waals surface area contributed by atoms with Gasteiger partial charge in [-0.2, -0.15) is 5.10 Å². The summed E-state index contributed by atoms with van der Waals surface area (Å²) in [4.78, 5) is 12.8. The normalized spacial score (nSPS) is 11.3. The monoisotopic (exact) mass is 489 g/mol. The number of benzene rings is 3. The molecule has 4 aromatic rings. The number of aromatic nitrogens is 2. The summed E-state index contributed by atoms with van der Waals surface area (Å²) in [5.41, 5.74) is 4.01. The molecular weight excluding hydrogens is 462 g/mol. The van der Waals surface area contributed by atoms with E-state index in [1.165, 1.54) is 12.1 Å². The van der Waals surface area contributed by atoms with E-state index in [-0.39, 0.29) is 22.3 Å². The van der Waals surface area contributed by atoms with E-state index in [1.807, 2.05) is 36.7 Å². The van der Waals surface area contributed by atoms with Crippen LogP contribution in [-0.2, 0) is 27.7 Å². The Balaban J connectivity index is 1.31. The Kier molecular flexibility index (Phi) is 7.31. The number of hydrogen-bond acceptors (Lipinski definition) is 5. The van der Waals surface area contributed by atoms with Gasteiger partial charge in [-0.25, -0.2) is 8.42 Å². The molecular formula is C27H27N3O4S. The fourth-order valence-corrected chi connectivity index (χ4v) is 5.02. The van der Waals surface area contributed by atoms with Gasteiger partial charge in [0.2, 0.25) is 9.84 Å². The maximum atomic E-state index is 12.7. The van der Waals surface area contributed by atoms with Gasteiger partial charge in [0.05, 0.1) is 22.0 Å². The third-order valence-corrected chi connectivity index (χ3v) is 7.51.